The van der Waals surface area contributed by atoms with Crippen LogP contribution in [0.5, 0.6) is 5.75 Å². The molecule has 1 saturated heterocycles. The fourth-order valence-electron chi connectivity index (χ4n) is 3.98. The molecule has 0 amide bonds. The molecule has 1 aromatic heterocycles. The fourth-order valence-corrected chi connectivity index (χ4v) is 5.71. The molecule has 1 aromatic carbocycles. The number of phenols is 1. The fraction of sp³-hybridized carbons (Fsp3) is 0.550. The molecular weight excluding hydrogens is 378 g/mol. The molecular formula is C20H30N3O4S+. The number of phenolic OH excluding ortho intramolecular Hbond substituents is 1. The van der Waals surface area contributed by atoms with Gasteiger partial charge < -0.3 is 14.5 Å². The average molecular weight is 409 g/mol. The third kappa shape index (κ3) is 3.94. The van der Waals surface area contributed by atoms with Crippen molar-refractivity contribution in [2.75, 3.05) is 26.2 Å². The van der Waals surface area contributed by atoms with Crippen LogP contribution in [0.3, 0.4) is 0 Å². The maximum Gasteiger partial charge on any atom is 0.248 e. The molecule has 0 spiro atoms. The lowest BCUT2D eigenvalue weighted by atomic mass is 9.95. The summed E-state index contributed by atoms with van der Waals surface area (Å²) in [6, 6.07) is 3.93. The molecule has 28 heavy (non-hydrogen) atoms. The van der Waals surface area contributed by atoms with Crippen molar-refractivity contribution in [1.29, 1.82) is 0 Å². The first-order valence-corrected chi connectivity index (χ1v) is 11.1. The van der Waals surface area contributed by atoms with Gasteiger partial charge in [-0.2, -0.15) is 4.31 Å². The molecule has 2 aromatic rings. The molecule has 0 unspecified atom stereocenters. The monoisotopic (exact) mass is 408 g/mol. The number of piperazine rings is 1. The number of sulfonamides is 1. The van der Waals surface area contributed by atoms with E-state index < -0.39 is 10.0 Å². The lowest BCUT2D eigenvalue weighted by Gasteiger charge is -2.31. The van der Waals surface area contributed by atoms with Crippen LogP contribution < -0.4 is 4.90 Å². The lowest BCUT2D eigenvalue weighted by molar-refractivity contribution is -0.917. The number of benzene rings is 1. The highest BCUT2D eigenvalue weighted by molar-refractivity contribution is 7.89. The highest BCUT2D eigenvalue weighted by Crippen LogP contribution is 2.27. The zero-order valence-corrected chi connectivity index (χ0v) is 18.1. The Balaban J connectivity index is 1.71. The zero-order valence-electron chi connectivity index (χ0n) is 17.2. The molecule has 0 radical (unpaired) electrons. The van der Waals surface area contributed by atoms with Crippen molar-refractivity contribution in [2.24, 2.45) is 0 Å². The summed E-state index contributed by atoms with van der Waals surface area (Å²) in [6.45, 7) is 12.5. The van der Waals surface area contributed by atoms with Gasteiger partial charge in [0.1, 0.15) is 22.9 Å². The molecule has 8 heteroatoms. The van der Waals surface area contributed by atoms with Crippen molar-refractivity contribution in [3.63, 3.8) is 0 Å². The van der Waals surface area contributed by atoms with Gasteiger partial charge in [0, 0.05) is 5.56 Å². The number of nitrogens with zero attached hydrogens (tertiary/aromatic N) is 2. The minimum Gasteiger partial charge on any atom is -0.507 e. The van der Waals surface area contributed by atoms with Crippen LogP contribution in [-0.2, 0) is 16.6 Å². The number of quaternary nitrogens is 1. The summed E-state index contributed by atoms with van der Waals surface area (Å²) in [5.41, 5.74) is 3.66. The van der Waals surface area contributed by atoms with E-state index in [-0.39, 0.29) is 4.90 Å². The van der Waals surface area contributed by atoms with Gasteiger partial charge in [0.05, 0.1) is 26.2 Å². The number of rotatable bonds is 5. The number of aromatic hydroxyl groups is 1. The first kappa shape index (κ1) is 20.8. The van der Waals surface area contributed by atoms with Gasteiger partial charge in [0.25, 0.3) is 0 Å². The van der Waals surface area contributed by atoms with Gasteiger partial charge in [-0.25, -0.2) is 8.42 Å². The first-order valence-electron chi connectivity index (χ1n) is 9.70. The van der Waals surface area contributed by atoms with E-state index in [9.17, 15) is 13.5 Å². The predicted octanol–water partition coefficient (Wildman–Crippen LogP) is 1.52. The molecule has 0 bridgehead atoms. The van der Waals surface area contributed by atoms with Gasteiger partial charge in [0.2, 0.25) is 10.0 Å². The molecule has 1 aliphatic heterocycles. The number of aromatic nitrogens is 1. The van der Waals surface area contributed by atoms with E-state index in [0.29, 0.717) is 55.8 Å². The van der Waals surface area contributed by atoms with Gasteiger partial charge in [0.15, 0.2) is 5.76 Å². The molecule has 1 fully saturated rings. The van der Waals surface area contributed by atoms with Crippen LogP contribution in [0.15, 0.2) is 21.6 Å². The summed E-state index contributed by atoms with van der Waals surface area (Å²) in [7, 11) is -3.59. The van der Waals surface area contributed by atoms with Crippen LogP contribution in [0.25, 0.3) is 0 Å². The van der Waals surface area contributed by atoms with Crippen molar-refractivity contribution >= 4 is 10.0 Å². The van der Waals surface area contributed by atoms with E-state index in [1.165, 1.54) is 14.8 Å². The minimum absolute atomic E-state index is 0.189. The van der Waals surface area contributed by atoms with Crippen LogP contribution in [0.4, 0.5) is 0 Å². The van der Waals surface area contributed by atoms with E-state index in [2.05, 4.69) is 25.1 Å². The summed E-state index contributed by atoms with van der Waals surface area (Å²) < 4.78 is 32.4. The quantitative estimate of drug-likeness (QED) is 0.783. The molecule has 0 aliphatic carbocycles. The van der Waals surface area contributed by atoms with Crippen LogP contribution in [-0.4, -0.2) is 49.2 Å². The Morgan fingerprint density at radius 2 is 1.86 bits per heavy atom. The standard InChI is InChI=1S/C20H29N3O4S/c1-13(2)18-11-17(19(24)10-14(18)3)12-22-6-8-23(9-7-22)28(25,26)20-15(4)21-27-16(20)5/h10-11,13,24H,6-9,12H2,1-5H3/p+1. The van der Waals surface area contributed by atoms with Gasteiger partial charge >= 0.3 is 0 Å². The second kappa shape index (κ2) is 7.85. The van der Waals surface area contributed by atoms with Crippen LogP contribution in [0.2, 0.25) is 0 Å². The summed E-state index contributed by atoms with van der Waals surface area (Å²) in [5.74, 6) is 1.05. The average Bonchev–Trinajstić information content (AvgIpc) is 2.96. The third-order valence-electron chi connectivity index (χ3n) is 5.53. The molecule has 7 nitrogen and oxygen atoms in total. The Hall–Kier alpha value is -1.90. The molecule has 3 rings (SSSR count). The summed E-state index contributed by atoms with van der Waals surface area (Å²) in [6.07, 6.45) is 0. The van der Waals surface area contributed by atoms with Crippen molar-refractivity contribution in [1.82, 2.24) is 9.46 Å². The van der Waals surface area contributed by atoms with Gasteiger partial charge in [-0.05, 0) is 49.9 Å². The molecule has 0 saturated carbocycles. The van der Waals surface area contributed by atoms with Gasteiger partial charge in [-0.15, -0.1) is 0 Å². The third-order valence-corrected chi connectivity index (χ3v) is 7.67. The maximum absolute atomic E-state index is 12.9. The minimum atomic E-state index is -3.59. The van der Waals surface area contributed by atoms with E-state index >= 15 is 0 Å². The Labute approximate surface area is 167 Å². The molecule has 0 atom stereocenters. The lowest BCUT2D eigenvalue weighted by Crippen LogP contribution is -3.13. The van der Waals surface area contributed by atoms with Crippen molar-refractivity contribution < 1.29 is 22.9 Å². The van der Waals surface area contributed by atoms with Crippen LogP contribution in [0, 0.1) is 20.8 Å². The van der Waals surface area contributed by atoms with E-state index in [1.54, 1.807) is 13.8 Å². The number of hydrogen-bond donors (Lipinski definition) is 2. The smallest absolute Gasteiger partial charge is 0.248 e. The Bertz CT molecular complexity index is 939. The largest absolute Gasteiger partial charge is 0.507 e. The van der Waals surface area contributed by atoms with Crippen LogP contribution in [0.1, 0.15) is 47.9 Å². The maximum atomic E-state index is 12.9. The number of nitrogens with one attached hydrogen (secondary N) is 1. The second-order valence-electron chi connectivity index (χ2n) is 7.98. The number of hydrogen-bond acceptors (Lipinski definition) is 5. The van der Waals surface area contributed by atoms with Crippen molar-refractivity contribution in [3.8, 4) is 5.75 Å². The van der Waals surface area contributed by atoms with Gasteiger partial charge in [-0.3, -0.25) is 0 Å². The Morgan fingerprint density at radius 3 is 2.39 bits per heavy atom. The predicted molar refractivity (Wildman–Crippen MR) is 106 cm³/mol. The normalized spacial score (nSPS) is 16.8. The summed E-state index contributed by atoms with van der Waals surface area (Å²) in [4.78, 5) is 1.45. The van der Waals surface area contributed by atoms with E-state index in [0.717, 1.165) is 11.1 Å². The van der Waals surface area contributed by atoms with Crippen LogP contribution >= 0.6 is 0 Å². The highest BCUT2D eigenvalue weighted by Gasteiger charge is 2.34. The molecule has 2 N–H and O–H groups in total. The van der Waals surface area contributed by atoms with Crippen molar-refractivity contribution in [2.45, 2.75) is 52.0 Å². The Morgan fingerprint density at radius 1 is 1.21 bits per heavy atom. The van der Waals surface area contributed by atoms with E-state index in [4.69, 9.17) is 4.52 Å². The SMILES string of the molecule is Cc1cc(O)c(C[NH+]2CCN(S(=O)(=O)c3c(C)noc3C)CC2)cc1C(C)C. The second-order valence-corrected chi connectivity index (χ2v) is 9.85. The zero-order chi connectivity index (χ0) is 20.6. The molecule has 154 valence electrons. The Kier molecular flexibility index (Phi) is 5.84. The number of aryl methyl sites for hydroxylation is 3. The molecule has 1 aliphatic rings. The topological polar surface area (TPSA) is 88.1 Å². The summed E-state index contributed by atoms with van der Waals surface area (Å²) in [5, 5.41) is 14.1. The van der Waals surface area contributed by atoms with Gasteiger partial charge in [-0.1, -0.05) is 19.0 Å². The first-order chi connectivity index (χ1) is 13.1. The summed E-state index contributed by atoms with van der Waals surface area (Å²) >= 11 is 0. The van der Waals surface area contributed by atoms with Crippen molar-refractivity contribution in [3.05, 3.63) is 40.3 Å². The molecule has 2 heterocycles. The highest BCUT2D eigenvalue weighted by atomic mass is 32.2. The van der Waals surface area contributed by atoms with E-state index in [1.807, 2.05) is 13.0 Å².